The Labute approximate surface area is 141 Å². The molecular weight excluding hydrogens is 302 g/mol. The van der Waals surface area contributed by atoms with Crippen molar-refractivity contribution in [1.82, 2.24) is 5.32 Å². The van der Waals surface area contributed by atoms with E-state index in [0.717, 1.165) is 5.56 Å². The molecule has 2 aromatic rings. The van der Waals surface area contributed by atoms with E-state index in [4.69, 9.17) is 0 Å². The maximum atomic E-state index is 12.5. The summed E-state index contributed by atoms with van der Waals surface area (Å²) in [6.45, 7) is 3.65. The molecule has 0 aliphatic carbocycles. The summed E-state index contributed by atoms with van der Waals surface area (Å²) in [4.78, 5) is 24.0. The van der Waals surface area contributed by atoms with Gasteiger partial charge in [0.25, 0.3) is 0 Å². The zero-order chi connectivity index (χ0) is 17.5. The van der Waals surface area contributed by atoms with Gasteiger partial charge in [0.1, 0.15) is 6.04 Å². The maximum Gasteiger partial charge on any atom is 0.326 e. The number of carbonyl (C=O) groups excluding carboxylic acids is 1. The quantitative estimate of drug-likeness (QED) is 0.603. The number of aliphatic carboxylic acids is 1. The van der Waals surface area contributed by atoms with Crippen LogP contribution in [-0.4, -0.2) is 22.9 Å². The van der Waals surface area contributed by atoms with Crippen LogP contribution in [-0.2, 0) is 4.79 Å². The van der Waals surface area contributed by atoms with E-state index in [1.807, 2.05) is 50.2 Å². The van der Waals surface area contributed by atoms with Crippen molar-refractivity contribution in [3.63, 3.8) is 0 Å². The summed E-state index contributed by atoms with van der Waals surface area (Å²) in [5, 5.41) is 12.4. The summed E-state index contributed by atoms with van der Waals surface area (Å²) >= 11 is 0. The molecule has 0 fully saturated rings. The summed E-state index contributed by atoms with van der Waals surface area (Å²) < 4.78 is 0. The largest absolute Gasteiger partial charge is 0.480 e. The Morgan fingerprint density at radius 1 is 0.917 bits per heavy atom. The SMILES string of the molecule is CC(C)[C@H](N/C(=C\C(=O)c1ccccc1)c1ccccc1)C(=O)O. The van der Waals surface area contributed by atoms with Gasteiger partial charge in [0, 0.05) is 17.3 Å². The topological polar surface area (TPSA) is 66.4 Å². The zero-order valence-electron chi connectivity index (χ0n) is 13.8. The summed E-state index contributed by atoms with van der Waals surface area (Å²) in [7, 11) is 0. The van der Waals surface area contributed by atoms with E-state index >= 15 is 0 Å². The first-order chi connectivity index (χ1) is 11.5. The molecular formula is C20H21NO3. The average Bonchev–Trinajstić information content (AvgIpc) is 2.59. The van der Waals surface area contributed by atoms with Gasteiger partial charge >= 0.3 is 5.97 Å². The van der Waals surface area contributed by atoms with Gasteiger partial charge in [0.2, 0.25) is 0 Å². The number of rotatable bonds is 7. The number of benzene rings is 2. The minimum atomic E-state index is -0.945. The van der Waals surface area contributed by atoms with Crippen molar-refractivity contribution in [2.45, 2.75) is 19.9 Å². The van der Waals surface area contributed by atoms with Gasteiger partial charge in [-0.15, -0.1) is 0 Å². The smallest absolute Gasteiger partial charge is 0.326 e. The Bertz CT molecular complexity index is 721. The van der Waals surface area contributed by atoms with Crippen molar-refractivity contribution in [2.75, 3.05) is 0 Å². The molecule has 0 saturated carbocycles. The Hall–Kier alpha value is -2.88. The lowest BCUT2D eigenvalue weighted by atomic mass is 10.0. The number of hydrogen-bond acceptors (Lipinski definition) is 3. The van der Waals surface area contributed by atoms with Crippen LogP contribution in [0, 0.1) is 5.92 Å². The number of carbonyl (C=O) groups is 2. The van der Waals surface area contributed by atoms with Gasteiger partial charge in [-0.3, -0.25) is 4.79 Å². The van der Waals surface area contributed by atoms with Crippen molar-refractivity contribution in [2.24, 2.45) is 5.92 Å². The lowest BCUT2D eigenvalue weighted by molar-refractivity contribution is -0.140. The van der Waals surface area contributed by atoms with E-state index in [2.05, 4.69) is 5.32 Å². The fraction of sp³-hybridized carbons (Fsp3) is 0.200. The van der Waals surface area contributed by atoms with Crippen LogP contribution < -0.4 is 5.32 Å². The first kappa shape index (κ1) is 17.5. The van der Waals surface area contributed by atoms with E-state index in [1.54, 1.807) is 24.3 Å². The fourth-order valence-corrected chi connectivity index (χ4v) is 2.32. The molecule has 2 aromatic carbocycles. The molecule has 0 unspecified atom stereocenters. The van der Waals surface area contributed by atoms with E-state index < -0.39 is 12.0 Å². The van der Waals surface area contributed by atoms with Crippen LogP contribution in [0.4, 0.5) is 0 Å². The standard InChI is InChI=1S/C20H21NO3/c1-14(2)19(20(23)24)21-17(15-9-5-3-6-10-15)13-18(22)16-11-7-4-8-12-16/h3-14,19,21H,1-2H3,(H,23,24)/b17-13-/t19-/m0/s1. The summed E-state index contributed by atoms with van der Waals surface area (Å²) in [6, 6.07) is 17.4. The second-order valence-corrected chi connectivity index (χ2v) is 5.86. The van der Waals surface area contributed by atoms with Crippen molar-refractivity contribution in [1.29, 1.82) is 0 Å². The first-order valence-corrected chi connectivity index (χ1v) is 7.85. The highest BCUT2D eigenvalue weighted by molar-refractivity contribution is 6.08. The normalized spacial score (nSPS) is 12.7. The molecule has 4 heteroatoms. The maximum absolute atomic E-state index is 12.5. The highest BCUT2D eigenvalue weighted by Crippen LogP contribution is 2.16. The molecule has 0 spiro atoms. The Morgan fingerprint density at radius 2 is 1.42 bits per heavy atom. The highest BCUT2D eigenvalue weighted by Gasteiger charge is 2.22. The molecule has 4 nitrogen and oxygen atoms in total. The molecule has 0 bridgehead atoms. The number of carboxylic acid groups (broad SMARTS) is 1. The molecule has 24 heavy (non-hydrogen) atoms. The van der Waals surface area contributed by atoms with Gasteiger partial charge in [-0.2, -0.15) is 0 Å². The van der Waals surface area contributed by atoms with Crippen LogP contribution in [0.15, 0.2) is 66.7 Å². The molecule has 0 heterocycles. The number of ketones is 1. The van der Waals surface area contributed by atoms with Crippen LogP contribution >= 0.6 is 0 Å². The lowest BCUT2D eigenvalue weighted by Gasteiger charge is -2.21. The van der Waals surface area contributed by atoms with Gasteiger partial charge in [-0.05, 0) is 11.5 Å². The molecule has 124 valence electrons. The Balaban J connectivity index is 2.38. The lowest BCUT2D eigenvalue weighted by Crippen LogP contribution is -2.40. The minimum Gasteiger partial charge on any atom is -0.480 e. The second-order valence-electron chi connectivity index (χ2n) is 5.86. The average molecular weight is 323 g/mol. The van der Waals surface area contributed by atoms with Gasteiger partial charge in [-0.25, -0.2) is 4.79 Å². The van der Waals surface area contributed by atoms with Gasteiger partial charge < -0.3 is 10.4 Å². The van der Waals surface area contributed by atoms with Crippen molar-refractivity contribution in [3.8, 4) is 0 Å². The van der Waals surface area contributed by atoms with E-state index in [0.29, 0.717) is 11.3 Å². The van der Waals surface area contributed by atoms with Crippen LogP contribution in [0.2, 0.25) is 0 Å². The number of hydrogen-bond donors (Lipinski definition) is 2. The van der Waals surface area contributed by atoms with E-state index in [9.17, 15) is 14.7 Å². The van der Waals surface area contributed by atoms with Crippen LogP contribution in [0.25, 0.3) is 5.70 Å². The molecule has 1 atom stereocenters. The number of carboxylic acids is 1. The van der Waals surface area contributed by atoms with Crippen LogP contribution in [0.5, 0.6) is 0 Å². The highest BCUT2D eigenvalue weighted by atomic mass is 16.4. The fourth-order valence-electron chi connectivity index (χ4n) is 2.32. The zero-order valence-corrected chi connectivity index (χ0v) is 13.8. The molecule has 0 aliphatic rings. The second kappa shape index (κ2) is 8.11. The molecule has 0 aromatic heterocycles. The Morgan fingerprint density at radius 3 is 1.88 bits per heavy atom. The van der Waals surface area contributed by atoms with Crippen molar-refractivity contribution < 1.29 is 14.7 Å². The molecule has 0 radical (unpaired) electrons. The first-order valence-electron chi connectivity index (χ1n) is 7.85. The third-order valence-corrected chi connectivity index (χ3v) is 3.66. The molecule has 2 rings (SSSR count). The third kappa shape index (κ3) is 4.56. The number of nitrogens with one attached hydrogen (secondary N) is 1. The molecule has 2 N–H and O–H groups in total. The van der Waals surface area contributed by atoms with Gasteiger partial charge in [0.15, 0.2) is 5.78 Å². The predicted molar refractivity (Wildman–Crippen MR) is 94.6 cm³/mol. The van der Waals surface area contributed by atoms with E-state index in [1.165, 1.54) is 6.08 Å². The number of allylic oxidation sites excluding steroid dienone is 1. The van der Waals surface area contributed by atoms with Crippen molar-refractivity contribution >= 4 is 17.4 Å². The van der Waals surface area contributed by atoms with Crippen molar-refractivity contribution in [3.05, 3.63) is 77.9 Å². The molecule has 0 aliphatic heterocycles. The van der Waals surface area contributed by atoms with Gasteiger partial charge in [0.05, 0.1) is 0 Å². The predicted octanol–water partition coefficient (Wildman–Crippen LogP) is 3.61. The third-order valence-electron chi connectivity index (χ3n) is 3.66. The molecule has 0 saturated heterocycles. The summed E-state index contributed by atoms with van der Waals surface area (Å²) in [6.07, 6.45) is 1.46. The monoisotopic (exact) mass is 323 g/mol. The minimum absolute atomic E-state index is 0.124. The summed E-state index contributed by atoms with van der Waals surface area (Å²) in [5.41, 5.74) is 1.84. The molecule has 0 amide bonds. The van der Waals surface area contributed by atoms with Crippen LogP contribution in [0.3, 0.4) is 0 Å². The summed E-state index contributed by atoms with van der Waals surface area (Å²) in [5.74, 6) is -1.24. The van der Waals surface area contributed by atoms with Crippen LogP contribution in [0.1, 0.15) is 29.8 Å². The Kier molecular flexibility index (Phi) is 5.90. The van der Waals surface area contributed by atoms with E-state index in [-0.39, 0.29) is 11.7 Å². The van der Waals surface area contributed by atoms with Gasteiger partial charge in [-0.1, -0.05) is 74.5 Å².